The van der Waals surface area contributed by atoms with E-state index in [4.69, 9.17) is 5.73 Å². The lowest BCUT2D eigenvalue weighted by atomic mass is 10.2. The average molecular weight is 272 g/mol. The molecule has 2 rings (SSSR count). The van der Waals surface area contributed by atoms with Crippen molar-refractivity contribution in [1.82, 2.24) is 0 Å². The van der Waals surface area contributed by atoms with Crippen LogP contribution in [-0.4, -0.2) is 17.0 Å². The Labute approximate surface area is 110 Å². The summed E-state index contributed by atoms with van der Waals surface area (Å²) in [7, 11) is 0. The molecule has 2 unspecified atom stereocenters. The van der Waals surface area contributed by atoms with Crippen molar-refractivity contribution < 1.29 is 8.78 Å². The number of halogens is 2. The highest BCUT2D eigenvalue weighted by atomic mass is 32.2. The molecule has 1 aromatic rings. The first kappa shape index (κ1) is 13.5. The van der Waals surface area contributed by atoms with Crippen molar-refractivity contribution in [3.05, 3.63) is 23.8 Å². The Bertz CT molecular complexity index is 426. The molecule has 3 N–H and O–H groups in total. The van der Waals surface area contributed by atoms with Crippen LogP contribution in [0, 0.1) is 11.6 Å². The van der Waals surface area contributed by atoms with Crippen molar-refractivity contribution in [3.63, 3.8) is 0 Å². The highest BCUT2D eigenvalue weighted by Crippen LogP contribution is 2.33. The maximum Gasteiger partial charge on any atom is 0.151 e. The molecule has 100 valence electrons. The number of rotatable bonds is 4. The zero-order valence-corrected chi connectivity index (χ0v) is 11.2. The third-order valence-corrected chi connectivity index (χ3v) is 4.47. The summed E-state index contributed by atoms with van der Waals surface area (Å²) in [6, 6.07) is 2.33. The molecule has 0 bridgehead atoms. The van der Waals surface area contributed by atoms with Crippen LogP contribution < -0.4 is 11.1 Å². The monoisotopic (exact) mass is 272 g/mol. The van der Waals surface area contributed by atoms with Gasteiger partial charge >= 0.3 is 0 Å². The summed E-state index contributed by atoms with van der Waals surface area (Å²) in [5.41, 5.74) is 5.99. The molecule has 1 aliphatic rings. The molecule has 0 spiro atoms. The van der Waals surface area contributed by atoms with Gasteiger partial charge in [-0.1, -0.05) is 6.92 Å². The summed E-state index contributed by atoms with van der Waals surface area (Å²) in [4.78, 5) is 0. The van der Waals surface area contributed by atoms with E-state index in [1.165, 1.54) is 6.07 Å². The number of nitrogens with one attached hydrogen (secondary N) is 1. The van der Waals surface area contributed by atoms with E-state index in [1.54, 1.807) is 0 Å². The normalized spacial score (nSPS) is 23.3. The van der Waals surface area contributed by atoms with Gasteiger partial charge in [-0.3, -0.25) is 0 Å². The first-order chi connectivity index (χ1) is 8.60. The summed E-state index contributed by atoms with van der Waals surface area (Å²) in [6.07, 6.45) is 3.19. The van der Waals surface area contributed by atoms with Gasteiger partial charge in [0, 0.05) is 17.4 Å². The van der Waals surface area contributed by atoms with E-state index in [0.29, 0.717) is 10.9 Å². The molecule has 1 fully saturated rings. The van der Waals surface area contributed by atoms with Crippen LogP contribution in [0.2, 0.25) is 0 Å². The Morgan fingerprint density at radius 1 is 1.39 bits per heavy atom. The first-order valence-corrected chi connectivity index (χ1v) is 7.27. The van der Waals surface area contributed by atoms with Gasteiger partial charge in [-0.05, 0) is 31.1 Å². The van der Waals surface area contributed by atoms with Gasteiger partial charge < -0.3 is 11.1 Å². The summed E-state index contributed by atoms with van der Waals surface area (Å²) < 4.78 is 26.4. The van der Waals surface area contributed by atoms with Gasteiger partial charge in [0.1, 0.15) is 5.82 Å². The van der Waals surface area contributed by atoms with Crippen LogP contribution in [0.25, 0.3) is 0 Å². The predicted octanol–water partition coefficient (Wildman–Crippen LogP) is 3.63. The van der Waals surface area contributed by atoms with Gasteiger partial charge in [0.25, 0.3) is 0 Å². The highest BCUT2D eigenvalue weighted by molar-refractivity contribution is 7.99. The minimum Gasteiger partial charge on any atom is -0.395 e. The Hall–Kier alpha value is -0.970. The topological polar surface area (TPSA) is 38.0 Å². The van der Waals surface area contributed by atoms with E-state index in [9.17, 15) is 8.78 Å². The molecular formula is C13H18F2N2S. The number of anilines is 2. The fourth-order valence-corrected chi connectivity index (χ4v) is 3.52. The summed E-state index contributed by atoms with van der Waals surface area (Å²) in [5.74, 6) is -0.189. The maximum absolute atomic E-state index is 13.3. The van der Waals surface area contributed by atoms with Crippen molar-refractivity contribution in [3.8, 4) is 0 Å². The molecule has 1 aliphatic carbocycles. The second-order valence-electron chi connectivity index (χ2n) is 4.58. The fraction of sp³-hybridized carbons (Fsp3) is 0.538. The van der Waals surface area contributed by atoms with E-state index in [-0.39, 0.29) is 11.7 Å². The lowest BCUT2D eigenvalue weighted by Gasteiger charge is -2.16. The number of hydrogen-bond acceptors (Lipinski definition) is 3. The first-order valence-electron chi connectivity index (χ1n) is 6.22. The van der Waals surface area contributed by atoms with Gasteiger partial charge in [0.2, 0.25) is 0 Å². The number of thioether (sulfide) groups is 1. The van der Waals surface area contributed by atoms with Crippen LogP contribution in [-0.2, 0) is 0 Å². The van der Waals surface area contributed by atoms with Crippen molar-refractivity contribution in [1.29, 1.82) is 0 Å². The lowest BCUT2D eigenvalue weighted by molar-refractivity contribution is 0.586. The van der Waals surface area contributed by atoms with E-state index < -0.39 is 11.6 Å². The van der Waals surface area contributed by atoms with E-state index in [2.05, 4.69) is 12.2 Å². The van der Waals surface area contributed by atoms with Crippen molar-refractivity contribution in [2.45, 2.75) is 37.5 Å². The maximum atomic E-state index is 13.3. The van der Waals surface area contributed by atoms with Crippen molar-refractivity contribution >= 4 is 23.1 Å². The molecule has 0 radical (unpaired) electrons. The third kappa shape index (κ3) is 3.07. The summed E-state index contributed by atoms with van der Waals surface area (Å²) >= 11 is 1.94. The SMILES string of the molecule is CCSC1CCC(Nc2cc(F)cc(F)c2N)C1. The van der Waals surface area contributed by atoms with Crippen LogP contribution in [0.15, 0.2) is 12.1 Å². The largest absolute Gasteiger partial charge is 0.395 e. The van der Waals surface area contributed by atoms with E-state index in [0.717, 1.165) is 31.1 Å². The Morgan fingerprint density at radius 3 is 2.89 bits per heavy atom. The van der Waals surface area contributed by atoms with E-state index >= 15 is 0 Å². The predicted molar refractivity (Wildman–Crippen MR) is 74.0 cm³/mol. The zero-order valence-electron chi connectivity index (χ0n) is 10.4. The van der Waals surface area contributed by atoms with E-state index in [1.807, 2.05) is 11.8 Å². The third-order valence-electron chi connectivity index (χ3n) is 3.24. The quantitative estimate of drug-likeness (QED) is 0.822. The Kier molecular flexibility index (Phi) is 4.32. The Balaban J connectivity index is 2.02. The highest BCUT2D eigenvalue weighted by Gasteiger charge is 2.25. The molecule has 5 heteroatoms. The summed E-state index contributed by atoms with van der Waals surface area (Å²) in [5, 5.41) is 3.81. The molecule has 0 saturated heterocycles. The molecule has 1 aromatic carbocycles. The summed E-state index contributed by atoms with van der Waals surface area (Å²) in [6.45, 7) is 2.14. The molecular weight excluding hydrogens is 254 g/mol. The number of nitrogen functional groups attached to an aromatic ring is 1. The van der Waals surface area contributed by atoms with Crippen molar-refractivity contribution in [2.75, 3.05) is 16.8 Å². The molecule has 1 saturated carbocycles. The van der Waals surface area contributed by atoms with Crippen LogP contribution in [0.4, 0.5) is 20.2 Å². The fourth-order valence-electron chi connectivity index (χ4n) is 2.38. The average Bonchev–Trinajstić information content (AvgIpc) is 2.73. The molecule has 18 heavy (non-hydrogen) atoms. The van der Waals surface area contributed by atoms with Crippen LogP contribution in [0.5, 0.6) is 0 Å². The second kappa shape index (κ2) is 5.78. The number of nitrogens with two attached hydrogens (primary N) is 1. The minimum absolute atomic E-state index is 0.00277. The molecule has 2 nitrogen and oxygen atoms in total. The lowest BCUT2D eigenvalue weighted by Crippen LogP contribution is -2.17. The number of benzene rings is 1. The molecule has 0 aliphatic heterocycles. The minimum atomic E-state index is -0.699. The smallest absolute Gasteiger partial charge is 0.151 e. The van der Waals surface area contributed by atoms with Gasteiger partial charge in [-0.25, -0.2) is 8.78 Å². The van der Waals surface area contributed by atoms with Crippen molar-refractivity contribution in [2.24, 2.45) is 0 Å². The van der Waals surface area contributed by atoms with Gasteiger partial charge in [-0.2, -0.15) is 11.8 Å². The molecule has 0 aromatic heterocycles. The van der Waals surface area contributed by atoms with Gasteiger partial charge in [0.15, 0.2) is 5.82 Å². The van der Waals surface area contributed by atoms with Crippen LogP contribution in [0.1, 0.15) is 26.2 Å². The molecule has 0 amide bonds. The standard InChI is InChI=1S/C13H18F2N2S/c1-2-18-10-4-3-9(7-10)17-12-6-8(14)5-11(15)13(12)16/h5-6,9-10,17H,2-4,7,16H2,1H3. The Morgan fingerprint density at radius 2 is 2.17 bits per heavy atom. The number of hydrogen-bond donors (Lipinski definition) is 2. The van der Waals surface area contributed by atoms with Gasteiger partial charge in [-0.15, -0.1) is 0 Å². The van der Waals surface area contributed by atoms with Crippen LogP contribution >= 0.6 is 11.8 Å². The molecule has 2 atom stereocenters. The van der Waals surface area contributed by atoms with Gasteiger partial charge in [0.05, 0.1) is 11.4 Å². The van der Waals surface area contributed by atoms with Crippen LogP contribution in [0.3, 0.4) is 0 Å². The second-order valence-corrected chi connectivity index (χ2v) is 6.16. The zero-order chi connectivity index (χ0) is 13.1. The molecule has 0 heterocycles.